The van der Waals surface area contributed by atoms with Crippen LogP contribution < -0.4 is 5.32 Å². The SMILES string of the molecule is CCN1CCC2(CC1)CC(C)c1ccc([N+](=O)[O-])cc1C(C)N2. The fourth-order valence-electron chi connectivity index (χ4n) is 4.44. The molecule has 2 aliphatic heterocycles. The van der Waals surface area contributed by atoms with Crippen molar-refractivity contribution in [3.05, 3.63) is 39.4 Å². The molecule has 5 nitrogen and oxygen atoms in total. The molecule has 1 aromatic rings. The molecular weight excluding hydrogens is 290 g/mol. The van der Waals surface area contributed by atoms with Gasteiger partial charge in [0, 0.05) is 23.7 Å². The number of likely N-dealkylation sites (tertiary alicyclic amines) is 1. The third-order valence-electron chi connectivity index (χ3n) is 5.76. The van der Waals surface area contributed by atoms with Crippen LogP contribution in [0.5, 0.6) is 0 Å². The van der Waals surface area contributed by atoms with Crippen LogP contribution in [0.2, 0.25) is 0 Å². The summed E-state index contributed by atoms with van der Waals surface area (Å²) >= 11 is 0. The van der Waals surface area contributed by atoms with Gasteiger partial charge in [-0.1, -0.05) is 19.9 Å². The molecule has 0 aliphatic carbocycles. The van der Waals surface area contributed by atoms with E-state index < -0.39 is 0 Å². The highest BCUT2D eigenvalue weighted by Crippen LogP contribution is 2.41. The van der Waals surface area contributed by atoms with Crippen molar-refractivity contribution in [1.29, 1.82) is 0 Å². The Morgan fingerprint density at radius 1 is 1.30 bits per heavy atom. The van der Waals surface area contributed by atoms with Crippen LogP contribution in [0.4, 0.5) is 5.69 Å². The lowest BCUT2D eigenvalue weighted by molar-refractivity contribution is -0.385. The lowest BCUT2D eigenvalue weighted by atomic mass is 9.79. The molecule has 1 aromatic carbocycles. The van der Waals surface area contributed by atoms with Crippen LogP contribution in [0.15, 0.2) is 18.2 Å². The molecule has 1 saturated heterocycles. The molecule has 2 heterocycles. The molecule has 0 amide bonds. The number of nitro groups is 1. The first-order valence-corrected chi connectivity index (χ1v) is 8.72. The van der Waals surface area contributed by atoms with Gasteiger partial charge < -0.3 is 10.2 Å². The first kappa shape index (κ1) is 16.4. The predicted octanol–water partition coefficient (Wildman–Crippen LogP) is 3.61. The molecule has 0 saturated carbocycles. The highest BCUT2D eigenvalue weighted by atomic mass is 16.6. The molecule has 1 N–H and O–H groups in total. The zero-order chi connectivity index (χ0) is 16.6. The second-order valence-corrected chi connectivity index (χ2v) is 7.26. The first-order valence-electron chi connectivity index (χ1n) is 8.72. The van der Waals surface area contributed by atoms with Crippen LogP contribution in [-0.2, 0) is 0 Å². The van der Waals surface area contributed by atoms with Gasteiger partial charge in [0.2, 0.25) is 0 Å². The third-order valence-corrected chi connectivity index (χ3v) is 5.76. The highest BCUT2D eigenvalue weighted by molar-refractivity contribution is 5.44. The van der Waals surface area contributed by atoms with E-state index in [1.807, 2.05) is 6.07 Å². The van der Waals surface area contributed by atoms with E-state index in [1.165, 1.54) is 5.56 Å². The molecule has 3 rings (SSSR count). The Morgan fingerprint density at radius 2 is 2.00 bits per heavy atom. The van der Waals surface area contributed by atoms with Crippen LogP contribution in [0, 0.1) is 10.1 Å². The number of nitrogens with one attached hydrogen (secondary N) is 1. The number of benzene rings is 1. The molecule has 2 aliphatic rings. The normalized spacial score (nSPS) is 27.4. The van der Waals surface area contributed by atoms with Gasteiger partial charge in [-0.15, -0.1) is 0 Å². The summed E-state index contributed by atoms with van der Waals surface area (Å²) in [7, 11) is 0. The summed E-state index contributed by atoms with van der Waals surface area (Å²) in [6.07, 6.45) is 3.43. The van der Waals surface area contributed by atoms with Gasteiger partial charge in [-0.3, -0.25) is 10.1 Å². The predicted molar refractivity (Wildman–Crippen MR) is 91.8 cm³/mol. The van der Waals surface area contributed by atoms with E-state index in [0.29, 0.717) is 5.92 Å². The average molecular weight is 317 g/mol. The Kier molecular flexibility index (Phi) is 4.43. The first-order chi connectivity index (χ1) is 10.9. The van der Waals surface area contributed by atoms with Gasteiger partial charge in [-0.25, -0.2) is 0 Å². The summed E-state index contributed by atoms with van der Waals surface area (Å²) in [6.45, 7) is 10.0. The van der Waals surface area contributed by atoms with Gasteiger partial charge >= 0.3 is 0 Å². The molecule has 2 unspecified atom stereocenters. The van der Waals surface area contributed by atoms with Crippen molar-refractivity contribution < 1.29 is 4.92 Å². The quantitative estimate of drug-likeness (QED) is 0.669. The zero-order valence-electron chi connectivity index (χ0n) is 14.3. The monoisotopic (exact) mass is 317 g/mol. The van der Waals surface area contributed by atoms with E-state index in [1.54, 1.807) is 12.1 Å². The molecule has 23 heavy (non-hydrogen) atoms. The second-order valence-electron chi connectivity index (χ2n) is 7.26. The van der Waals surface area contributed by atoms with Crippen molar-refractivity contribution >= 4 is 5.69 Å². The summed E-state index contributed by atoms with van der Waals surface area (Å²) in [5.41, 5.74) is 2.73. The summed E-state index contributed by atoms with van der Waals surface area (Å²) in [5, 5.41) is 14.9. The van der Waals surface area contributed by atoms with Crippen molar-refractivity contribution in [2.45, 2.75) is 57.5 Å². The zero-order valence-corrected chi connectivity index (χ0v) is 14.3. The maximum absolute atomic E-state index is 11.1. The van der Waals surface area contributed by atoms with E-state index >= 15 is 0 Å². The number of fused-ring (bicyclic) bond motifs is 1. The van der Waals surface area contributed by atoms with Crippen LogP contribution in [0.1, 0.15) is 63.1 Å². The van der Waals surface area contributed by atoms with Crippen molar-refractivity contribution in [1.82, 2.24) is 10.2 Å². The fraction of sp³-hybridized carbons (Fsp3) is 0.667. The van der Waals surface area contributed by atoms with Crippen molar-refractivity contribution in [2.24, 2.45) is 0 Å². The number of rotatable bonds is 2. The van der Waals surface area contributed by atoms with Gasteiger partial charge in [0.1, 0.15) is 0 Å². The molecule has 126 valence electrons. The van der Waals surface area contributed by atoms with E-state index in [2.05, 4.69) is 31.0 Å². The number of nitro benzene ring substituents is 1. The van der Waals surface area contributed by atoms with E-state index in [-0.39, 0.29) is 22.2 Å². The lowest BCUT2D eigenvalue weighted by Crippen LogP contribution is -2.53. The van der Waals surface area contributed by atoms with Crippen LogP contribution in [0.3, 0.4) is 0 Å². The minimum Gasteiger partial charge on any atom is -0.305 e. The maximum atomic E-state index is 11.1. The van der Waals surface area contributed by atoms with Crippen LogP contribution in [-0.4, -0.2) is 35.0 Å². The van der Waals surface area contributed by atoms with Gasteiger partial charge in [-0.05, 0) is 62.9 Å². The van der Waals surface area contributed by atoms with Gasteiger partial charge in [0.15, 0.2) is 0 Å². The molecular formula is C18H27N3O2. The smallest absolute Gasteiger partial charge is 0.269 e. The largest absolute Gasteiger partial charge is 0.305 e. The van der Waals surface area contributed by atoms with Crippen LogP contribution in [0.25, 0.3) is 0 Å². The molecule has 0 aromatic heterocycles. The molecule has 2 atom stereocenters. The van der Waals surface area contributed by atoms with Crippen molar-refractivity contribution in [3.8, 4) is 0 Å². The Hall–Kier alpha value is -1.46. The number of nitrogens with zero attached hydrogens (tertiary/aromatic N) is 2. The van der Waals surface area contributed by atoms with Gasteiger partial charge in [-0.2, -0.15) is 0 Å². The molecule has 1 fully saturated rings. The number of piperidine rings is 1. The summed E-state index contributed by atoms with van der Waals surface area (Å²) in [5.74, 6) is 0.427. The minimum absolute atomic E-state index is 0.156. The fourth-order valence-corrected chi connectivity index (χ4v) is 4.44. The molecule has 0 radical (unpaired) electrons. The summed E-state index contributed by atoms with van der Waals surface area (Å²) < 4.78 is 0. The Morgan fingerprint density at radius 3 is 2.61 bits per heavy atom. The van der Waals surface area contributed by atoms with Gasteiger partial charge in [0.25, 0.3) is 5.69 Å². The summed E-state index contributed by atoms with van der Waals surface area (Å²) in [4.78, 5) is 13.3. The average Bonchev–Trinajstić information content (AvgIpc) is 2.63. The molecule has 0 bridgehead atoms. The number of hydrogen-bond donors (Lipinski definition) is 1. The lowest BCUT2D eigenvalue weighted by Gasteiger charge is -2.44. The summed E-state index contributed by atoms with van der Waals surface area (Å²) in [6, 6.07) is 5.54. The molecule has 5 heteroatoms. The Labute approximate surface area is 138 Å². The van der Waals surface area contributed by atoms with E-state index in [9.17, 15) is 10.1 Å². The number of hydrogen-bond acceptors (Lipinski definition) is 4. The topological polar surface area (TPSA) is 58.4 Å². The van der Waals surface area contributed by atoms with E-state index in [0.717, 1.165) is 44.5 Å². The number of non-ortho nitro benzene ring substituents is 1. The van der Waals surface area contributed by atoms with E-state index in [4.69, 9.17) is 0 Å². The maximum Gasteiger partial charge on any atom is 0.269 e. The Balaban J connectivity index is 1.89. The van der Waals surface area contributed by atoms with Gasteiger partial charge in [0.05, 0.1) is 4.92 Å². The second kappa shape index (κ2) is 6.21. The highest BCUT2D eigenvalue weighted by Gasteiger charge is 2.40. The Bertz CT molecular complexity index is 594. The minimum atomic E-state index is -0.294. The van der Waals surface area contributed by atoms with Crippen molar-refractivity contribution in [3.63, 3.8) is 0 Å². The van der Waals surface area contributed by atoms with Crippen LogP contribution >= 0.6 is 0 Å². The third kappa shape index (κ3) is 3.12. The standard InChI is InChI=1S/C18H27N3O2/c1-4-20-9-7-18(8-10-20)12-13(2)16-6-5-15(21(22)23)11-17(16)14(3)19-18/h5-6,11,13-14,19H,4,7-10,12H2,1-3H3. The van der Waals surface area contributed by atoms with Crippen molar-refractivity contribution in [2.75, 3.05) is 19.6 Å². The molecule has 1 spiro atoms.